The van der Waals surface area contributed by atoms with E-state index in [1.165, 1.54) is 0 Å². The normalized spacial score (nSPS) is 16.5. The van der Waals surface area contributed by atoms with Crippen LogP contribution in [0.15, 0.2) is 71.0 Å². The fraction of sp³-hybridized carbons (Fsp3) is 0.321. The molecule has 10 heteroatoms. The minimum absolute atomic E-state index is 0.0852. The first-order chi connectivity index (χ1) is 18.5. The number of fused-ring (bicyclic) bond motifs is 1. The Morgan fingerprint density at radius 3 is 2.58 bits per heavy atom. The molecule has 3 rings (SSSR count). The lowest BCUT2D eigenvalue weighted by Gasteiger charge is -2.14. The van der Waals surface area contributed by atoms with Crippen LogP contribution in [0.25, 0.3) is 0 Å². The molecule has 0 spiro atoms. The van der Waals surface area contributed by atoms with Crippen LogP contribution in [0.1, 0.15) is 54.6 Å². The summed E-state index contributed by atoms with van der Waals surface area (Å²) in [5, 5.41) is 20.0. The molecule has 1 aliphatic heterocycles. The van der Waals surface area contributed by atoms with Gasteiger partial charge >= 0.3 is 5.97 Å². The monoisotopic (exact) mass is 541 g/mol. The van der Waals surface area contributed by atoms with Crippen LogP contribution in [0.2, 0.25) is 5.02 Å². The molecular formula is C28H32ClN3O6. The van der Waals surface area contributed by atoms with E-state index in [9.17, 15) is 19.6 Å². The molecule has 0 aliphatic carbocycles. The number of hydrogen-bond donors (Lipinski definition) is 2. The van der Waals surface area contributed by atoms with E-state index in [4.69, 9.17) is 21.2 Å². The Hall–Kier alpha value is -3.98. The van der Waals surface area contributed by atoms with Crippen LogP contribution >= 0.6 is 11.6 Å². The average Bonchev–Trinajstić information content (AvgIpc) is 2.93. The molecule has 0 saturated heterocycles. The summed E-state index contributed by atoms with van der Waals surface area (Å²) in [5.74, 6) is -1.65. The Balaban J connectivity index is 0.00000247. The highest BCUT2D eigenvalue weighted by atomic mass is 35.5. The number of ether oxygens (including phenoxy) is 1. The van der Waals surface area contributed by atoms with Gasteiger partial charge in [-0.3, -0.25) is 4.79 Å². The summed E-state index contributed by atoms with van der Waals surface area (Å²) in [7, 11) is 0. The number of oxime groups is 1. The SMILES string of the molecule is CC.O=Nc1cc(O)c2c(c1Cl)CC(=N/OCC(=O)NCc1ccccc1)/C=C/CC/C=C/CCOC2=O. The second-order valence-electron chi connectivity index (χ2n) is 7.84. The number of esters is 1. The van der Waals surface area contributed by atoms with Gasteiger partial charge in [-0.25, -0.2) is 4.79 Å². The van der Waals surface area contributed by atoms with Gasteiger partial charge in [0.25, 0.3) is 5.91 Å². The van der Waals surface area contributed by atoms with E-state index in [0.717, 1.165) is 18.1 Å². The Morgan fingerprint density at radius 2 is 1.84 bits per heavy atom. The predicted octanol–water partition coefficient (Wildman–Crippen LogP) is 6.15. The molecular weight excluding hydrogens is 510 g/mol. The molecule has 0 fully saturated rings. The third-order valence-electron chi connectivity index (χ3n) is 5.19. The number of phenols is 1. The summed E-state index contributed by atoms with van der Waals surface area (Å²) in [5.41, 5.74) is 0.955. The molecule has 202 valence electrons. The van der Waals surface area contributed by atoms with Crippen molar-refractivity contribution in [1.82, 2.24) is 5.32 Å². The van der Waals surface area contributed by atoms with Crippen molar-refractivity contribution < 1.29 is 24.3 Å². The number of cyclic esters (lactones) is 1. The molecule has 0 unspecified atom stereocenters. The highest BCUT2D eigenvalue weighted by Crippen LogP contribution is 2.38. The van der Waals surface area contributed by atoms with E-state index >= 15 is 0 Å². The number of carbonyl (C=O) groups is 2. The van der Waals surface area contributed by atoms with E-state index in [0.29, 0.717) is 25.1 Å². The second-order valence-corrected chi connectivity index (χ2v) is 8.22. The van der Waals surface area contributed by atoms with Crippen molar-refractivity contribution >= 4 is 34.9 Å². The lowest BCUT2D eigenvalue weighted by Crippen LogP contribution is -2.26. The number of halogens is 1. The average molecular weight is 542 g/mol. The second kappa shape index (κ2) is 16.7. The summed E-state index contributed by atoms with van der Waals surface area (Å²) in [6.07, 6.45) is 9.29. The first kappa shape index (κ1) is 30.2. The first-order valence-electron chi connectivity index (χ1n) is 12.4. The van der Waals surface area contributed by atoms with Gasteiger partial charge in [0.05, 0.1) is 17.3 Å². The van der Waals surface area contributed by atoms with Crippen molar-refractivity contribution in [2.75, 3.05) is 13.2 Å². The van der Waals surface area contributed by atoms with Crippen molar-refractivity contribution in [2.45, 2.75) is 46.1 Å². The van der Waals surface area contributed by atoms with Crippen molar-refractivity contribution in [2.24, 2.45) is 10.3 Å². The number of carbonyl (C=O) groups excluding carboxylic acids is 2. The van der Waals surface area contributed by atoms with Gasteiger partial charge < -0.3 is 20.0 Å². The largest absolute Gasteiger partial charge is 0.507 e. The quantitative estimate of drug-likeness (QED) is 0.195. The van der Waals surface area contributed by atoms with Gasteiger partial charge in [0.1, 0.15) is 17.0 Å². The van der Waals surface area contributed by atoms with E-state index in [1.54, 1.807) is 6.08 Å². The zero-order valence-electron chi connectivity index (χ0n) is 21.5. The maximum Gasteiger partial charge on any atom is 0.342 e. The van der Waals surface area contributed by atoms with Crippen LogP contribution in [0, 0.1) is 4.91 Å². The van der Waals surface area contributed by atoms with E-state index < -0.39 is 11.7 Å². The van der Waals surface area contributed by atoms with Crippen LogP contribution in [0.5, 0.6) is 5.75 Å². The number of aromatic hydroxyl groups is 1. The Labute approximate surface area is 227 Å². The molecule has 0 radical (unpaired) electrons. The van der Waals surface area contributed by atoms with Gasteiger partial charge in [0, 0.05) is 19.0 Å². The van der Waals surface area contributed by atoms with Crippen LogP contribution in [0.4, 0.5) is 5.69 Å². The van der Waals surface area contributed by atoms with Crippen molar-refractivity contribution in [3.63, 3.8) is 0 Å². The molecule has 2 aromatic rings. The number of allylic oxidation sites excluding steroid dienone is 3. The standard InChI is InChI=1S/C26H26ClN3O6.C2H6/c27-25-20-14-19(30-36-17-23(32)28-16-18-10-6-5-7-11-18)12-8-3-1-2-4-9-13-35-26(33)24(20)22(31)15-21(25)29-34;1-2/h2,4-8,10-12,15,31H,1,3,9,13-14,16-17H2,(H,28,32);1-2H3/b4-2+,12-8+,30-19+;. The van der Waals surface area contributed by atoms with Gasteiger partial charge in [-0.05, 0) is 41.6 Å². The molecule has 0 saturated carbocycles. The molecule has 2 N–H and O–H groups in total. The third kappa shape index (κ3) is 9.48. The predicted molar refractivity (Wildman–Crippen MR) is 148 cm³/mol. The number of hydrogen-bond acceptors (Lipinski definition) is 8. The van der Waals surface area contributed by atoms with Gasteiger partial charge in [-0.2, -0.15) is 0 Å². The molecule has 9 nitrogen and oxygen atoms in total. The third-order valence-corrected chi connectivity index (χ3v) is 5.61. The van der Waals surface area contributed by atoms with Crippen molar-refractivity contribution in [1.29, 1.82) is 0 Å². The molecule has 0 atom stereocenters. The Bertz CT molecular complexity index is 1180. The maximum absolute atomic E-state index is 12.7. The topological polar surface area (TPSA) is 127 Å². The highest BCUT2D eigenvalue weighted by molar-refractivity contribution is 6.34. The molecule has 38 heavy (non-hydrogen) atoms. The highest BCUT2D eigenvalue weighted by Gasteiger charge is 2.25. The Kier molecular flexibility index (Phi) is 13.3. The number of rotatable bonds is 6. The molecule has 0 aromatic heterocycles. The molecule has 1 aliphatic rings. The minimum atomic E-state index is -0.795. The molecule has 1 amide bonds. The zero-order chi connectivity index (χ0) is 27.8. The lowest BCUT2D eigenvalue weighted by molar-refractivity contribution is -0.125. The number of nitrogens with one attached hydrogen (secondary N) is 1. The fourth-order valence-corrected chi connectivity index (χ4v) is 3.66. The van der Waals surface area contributed by atoms with E-state index in [2.05, 4.69) is 15.6 Å². The summed E-state index contributed by atoms with van der Waals surface area (Å²) < 4.78 is 5.27. The Morgan fingerprint density at radius 1 is 1.13 bits per heavy atom. The van der Waals surface area contributed by atoms with Gasteiger partial charge in [-0.15, -0.1) is 4.91 Å². The smallest absolute Gasteiger partial charge is 0.342 e. The minimum Gasteiger partial charge on any atom is -0.507 e. The first-order valence-corrected chi connectivity index (χ1v) is 12.7. The van der Waals surface area contributed by atoms with E-state index in [1.807, 2.05) is 62.4 Å². The number of nitrogens with zero attached hydrogens (tertiary/aromatic N) is 2. The summed E-state index contributed by atoms with van der Waals surface area (Å²) in [6, 6.07) is 10.4. The molecule has 0 bridgehead atoms. The van der Waals surface area contributed by atoms with Crippen LogP contribution in [0.3, 0.4) is 0 Å². The number of phenolic OH excluding ortho intramolecular Hbond substituents is 1. The molecule has 1 heterocycles. The maximum atomic E-state index is 12.7. The van der Waals surface area contributed by atoms with Crippen molar-refractivity contribution in [3.8, 4) is 5.75 Å². The van der Waals surface area contributed by atoms with Gasteiger partial charge in [-0.1, -0.05) is 79.2 Å². The van der Waals surface area contributed by atoms with Gasteiger partial charge in [0.2, 0.25) is 0 Å². The van der Waals surface area contributed by atoms with Crippen LogP contribution < -0.4 is 5.32 Å². The van der Waals surface area contributed by atoms with Gasteiger partial charge in [0.15, 0.2) is 6.61 Å². The number of benzene rings is 2. The number of nitroso groups, excluding NO2 is 1. The lowest BCUT2D eigenvalue weighted by atomic mass is 9.99. The van der Waals surface area contributed by atoms with Crippen LogP contribution in [-0.4, -0.2) is 35.9 Å². The number of amides is 1. The molecule has 2 aromatic carbocycles. The van der Waals surface area contributed by atoms with Crippen LogP contribution in [-0.2, 0) is 27.3 Å². The van der Waals surface area contributed by atoms with E-state index in [-0.39, 0.29) is 47.4 Å². The van der Waals surface area contributed by atoms with Crippen molar-refractivity contribution in [3.05, 3.63) is 87.3 Å². The summed E-state index contributed by atoms with van der Waals surface area (Å²) >= 11 is 6.36. The summed E-state index contributed by atoms with van der Waals surface area (Å²) in [6.45, 7) is 4.12. The zero-order valence-corrected chi connectivity index (χ0v) is 22.2. The fourth-order valence-electron chi connectivity index (χ4n) is 3.41. The summed E-state index contributed by atoms with van der Waals surface area (Å²) in [4.78, 5) is 41.4.